The smallest absolute Gasteiger partial charge is 0.00430 e. The van der Waals surface area contributed by atoms with Crippen molar-refractivity contribution in [3.8, 4) is 0 Å². The summed E-state index contributed by atoms with van der Waals surface area (Å²) in [5.74, 6) is 3.63. The first-order valence-corrected chi connectivity index (χ1v) is 8.32. The summed E-state index contributed by atoms with van der Waals surface area (Å²) in [6, 6.07) is 9.33. The van der Waals surface area contributed by atoms with Crippen LogP contribution < -0.4 is 5.73 Å². The van der Waals surface area contributed by atoms with Crippen molar-refractivity contribution < 1.29 is 0 Å². The molecule has 0 aliphatic heterocycles. The molecule has 0 aromatic heterocycles. The second kappa shape index (κ2) is 6.76. The highest BCUT2D eigenvalue weighted by molar-refractivity contribution is 5.28. The van der Waals surface area contributed by atoms with Gasteiger partial charge in [-0.15, -0.1) is 0 Å². The van der Waals surface area contributed by atoms with Crippen LogP contribution in [0.1, 0.15) is 69.9 Å². The maximum Gasteiger partial charge on any atom is -0.00430 e. The Balaban J connectivity index is 2.17. The first-order chi connectivity index (χ1) is 9.52. The van der Waals surface area contributed by atoms with Gasteiger partial charge in [0.25, 0.3) is 0 Å². The lowest BCUT2D eigenvalue weighted by Gasteiger charge is -2.38. The monoisotopic (exact) mass is 273 g/mol. The van der Waals surface area contributed by atoms with Gasteiger partial charge in [-0.2, -0.15) is 0 Å². The maximum atomic E-state index is 6.03. The number of nitrogens with two attached hydrogens (primary N) is 1. The molecule has 0 spiro atoms. The predicted molar refractivity (Wildman–Crippen MR) is 88.0 cm³/mol. The molecule has 0 amide bonds. The van der Waals surface area contributed by atoms with Crippen molar-refractivity contribution >= 4 is 0 Å². The van der Waals surface area contributed by atoms with Crippen molar-refractivity contribution in [1.82, 2.24) is 0 Å². The lowest BCUT2D eigenvalue weighted by atomic mass is 9.68. The molecule has 0 heterocycles. The van der Waals surface area contributed by atoms with E-state index < -0.39 is 0 Å². The van der Waals surface area contributed by atoms with E-state index in [0.717, 1.165) is 18.4 Å². The first-order valence-electron chi connectivity index (χ1n) is 8.32. The van der Waals surface area contributed by atoms with Crippen LogP contribution in [0.4, 0.5) is 0 Å². The molecule has 0 radical (unpaired) electrons. The van der Waals surface area contributed by atoms with Gasteiger partial charge < -0.3 is 5.73 Å². The fourth-order valence-electron chi connectivity index (χ4n) is 3.69. The Hall–Kier alpha value is -0.820. The molecule has 112 valence electrons. The number of hydrogen-bond donors (Lipinski definition) is 1. The topological polar surface area (TPSA) is 26.0 Å². The molecular weight excluding hydrogens is 242 g/mol. The summed E-state index contributed by atoms with van der Waals surface area (Å²) in [6.07, 6.45) is 3.98. The molecular formula is C19H31N. The quantitative estimate of drug-likeness (QED) is 0.827. The Bertz CT molecular complexity index is 404. The van der Waals surface area contributed by atoms with E-state index in [1.54, 1.807) is 0 Å². The third-order valence-electron chi connectivity index (χ3n) is 5.31. The van der Waals surface area contributed by atoms with Crippen LogP contribution in [0.25, 0.3) is 0 Å². The first kappa shape index (κ1) is 15.6. The van der Waals surface area contributed by atoms with Gasteiger partial charge >= 0.3 is 0 Å². The van der Waals surface area contributed by atoms with Crippen molar-refractivity contribution in [1.29, 1.82) is 0 Å². The highest BCUT2D eigenvalue weighted by Crippen LogP contribution is 2.42. The van der Waals surface area contributed by atoms with Gasteiger partial charge in [-0.05, 0) is 66.5 Å². The Kier molecular flexibility index (Phi) is 5.26. The van der Waals surface area contributed by atoms with Crippen LogP contribution in [0, 0.1) is 17.8 Å². The highest BCUT2D eigenvalue weighted by Gasteiger charge is 2.31. The zero-order valence-electron chi connectivity index (χ0n) is 13.6. The molecule has 2 N–H and O–H groups in total. The van der Waals surface area contributed by atoms with Crippen molar-refractivity contribution in [2.75, 3.05) is 6.54 Å². The molecule has 1 nitrogen and oxygen atoms in total. The van der Waals surface area contributed by atoms with Crippen LogP contribution in [0.3, 0.4) is 0 Å². The van der Waals surface area contributed by atoms with E-state index in [1.165, 1.54) is 30.4 Å². The van der Waals surface area contributed by atoms with Crippen molar-refractivity contribution in [3.05, 3.63) is 35.4 Å². The molecule has 0 bridgehead atoms. The van der Waals surface area contributed by atoms with Gasteiger partial charge in [0.15, 0.2) is 0 Å². The van der Waals surface area contributed by atoms with Gasteiger partial charge in [-0.3, -0.25) is 0 Å². The van der Waals surface area contributed by atoms with E-state index in [-0.39, 0.29) is 0 Å². The molecule has 20 heavy (non-hydrogen) atoms. The largest absolute Gasteiger partial charge is 0.330 e. The Morgan fingerprint density at radius 3 is 2.20 bits per heavy atom. The normalized spacial score (nSPS) is 27.2. The third kappa shape index (κ3) is 3.44. The summed E-state index contributed by atoms with van der Waals surface area (Å²) >= 11 is 0. The van der Waals surface area contributed by atoms with Crippen molar-refractivity contribution in [3.63, 3.8) is 0 Å². The summed E-state index contributed by atoms with van der Waals surface area (Å²) in [5.41, 5.74) is 8.98. The third-order valence-corrected chi connectivity index (χ3v) is 5.31. The van der Waals surface area contributed by atoms with Gasteiger partial charge in [0.1, 0.15) is 0 Å². The van der Waals surface area contributed by atoms with E-state index in [2.05, 4.69) is 52.0 Å². The Morgan fingerprint density at radius 1 is 1.05 bits per heavy atom. The SMILES string of the molecule is CC(C)c1ccc(C2CC(C(C)C)CCC2CN)cc1. The summed E-state index contributed by atoms with van der Waals surface area (Å²) < 4.78 is 0. The van der Waals surface area contributed by atoms with Crippen LogP contribution in [0.5, 0.6) is 0 Å². The van der Waals surface area contributed by atoms with E-state index in [4.69, 9.17) is 5.73 Å². The van der Waals surface area contributed by atoms with E-state index in [1.807, 2.05) is 0 Å². The fourth-order valence-corrected chi connectivity index (χ4v) is 3.69. The standard InChI is InChI=1S/C19H31N/c1-13(2)15-5-7-16(8-6-15)19-11-17(14(3)4)9-10-18(19)12-20/h5-8,13-14,17-19H,9-12,20H2,1-4H3. The summed E-state index contributed by atoms with van der Waals surface area (Å²) in [4.78, 5) is 0. The number of rotatable bonds is 4. The summed E-state index contributed by atoms with van der Waals surface area (Å²) in [7, 11) is 0. The maximum absolute atomic E-state index is 6.03. The molecule has 1 aliphatic carbocycles. The highest BCUT2D eigenvalue weighted by atomic mass is 14.6. The second-order valence-electron chi connectivity index (χ2n) is 7.24. The fraction of sp³-hybridized carbons (Fsp3) is 0.684. The summed E-state index contributed by atoms with van der Waals surface area (Å²) in [6.45, 7) is 10.1. The second-order valence-corrected chi connectivity index (χ2v) is 7.24. The van der Waals surface area contributed by atoms with E-state index >= 15 is 0 Å². The molecule has 1 aliphatic rings. The molecule has 3 unspecified atom stereocenters. The zero-order valence-corrected chi connectivity index (χ0v) is 13.6. The van der Waals surface area contributed by atoms with Crippen LogP contribution in [0.2, 0.25) is 0 Å². The summed E-state index contributed by atoms with van der Waals surface area (Å²) in [5, 5.41) is 0. The average molecular weight is 273 g/mol. The molecule has 2 rings (SSSR count). The minimum Gasteiger partial charge on any atom is -0.330 e. The van der Waals surface area contributed by atoms with Crippen LogP contribution in [-0.4, -0.2) is 6.54 Å². The molecule has 1 heteroatoms. The molecule has 1 saturated carbocycles. The van der Waals surface area contributed by atoms with Crippen LogP contribution in [0.15, 0.2) is 24.3 Å². The molecule has 3 atom stereocenters. The van der Waals surface area contributed by atoms with Gasteiger partial charge in [-0.1, -0.05) is 52.0 Å². The molecule has 0 saturated heterocycles. The minimum atomic E-state index is 0.615. The van der Waals surface area contributed by atoms with Crippen molar-refractivity contribution in [2.24, 2.45) is 23.5 Å². The average Bonchev–Trinajstić information content (AvgIpc) is 2.46. The van der Waals surface area contributed by atoms with E-state index in [0.29, 0.717) is 17.8 Å². The van der Waals surface area contributed by atoms with Gasteiger partial charge in [0.05, 0.1) is 0 Å². The van der Waals surface area contributed by atoms with Crippen LogP contribution in [-0.2, 0) is 0 Å². The number of benzene rings is 1. The lowest BCUT2D eigenvalue weighted by molar-refractivity contribution is 0.197. The predicted octanol–water partition coefficient (Wildman–Crippen LogP) is 4.92. The van der Waals surface area contributed by atoms with Gasteiger partial charge in [0, 0.05) is 0 Å². The van der Waals surface area contributed by atoms with Crippen LogP contribution >= 0.6 is 0 Å². The van der Waals surface area contributed by atoms with Crippen molar-refractivity contribution in [2.45, 2.75) is 58.8 Å². The lowest BCUT2D eigenvalue weighted by Crippen LogP contribution is -2.30. The molecule has 1 aromatic rings. The zero-order chi connectivity index (χ0) is 14.7. The Labute approximate surface area is 125 Å². The van der Waals surface area contributed by atoms with E-state index in [9.17, 15) is 0 Å². The minimum absolute atomic E-state index is 0.615. The molecule has 1 fully saturated rings. The Morgan fingerprint density at radius 2 is 1.70 bits per heavy atom. The van der Waals surface area contributed by atoms with Gasteiger partial charge in [0.2, 0.25) is 0 Å². The van der Waals surface area contributed by atoms with Gasteiger partial charge in [-0.25, -0.2) is 0 Å². The molecule has 1 aromatic carbocycles. The number of hydrogen-bond acceptors (Lipinski definition) is 1.